The predicted octanol–water partition coefficient (Wildman–Crippen LogP) is 6.10. The third kappa shape index (κ3) is 7.95. The van der Waals surface area contributed by atoms with Gasteiger partial charge in [-0.05, 0) is 104 Å². The Balaban J connectivity index is 0.00000533. The average molecular weight is 564 g/mol. The van der Waals surface area contributed by atoms with Crippen LogP contribution in [0.25, 0.3) is 0 Å². The molecule has 39 heavy (non-hydrogen) atoms. The highest BCUT2D eigenvalue weighted by atomic mass is 35.5. The van der Waals surface area contributed by atoms with Gasteiger partial charge < -0.3 is 29.0 Å². The molecule has 7 nitrogen and oxygen atoms in total. The van der Waals surface area contributed by atoms with Crippen LogP contribution in [0.1, 0.15) is 55.7 Å². The van der Waals surface area contributed by atoms with E-state index in [2.05, 4.69) is 44.0 Å². The number of fused-ring (bicyclic) bond motifs is 1. The highest BCUT2D eigenvalue weighted by molar-refractivity contribution is 5.85. The van der Waals surface area contributed by atoms with Crippen molar-refractivity contribution in [3.8, 4) is 23.0 Å². The van der Waals surface area contributed by atoms with E-state index >= 15 is 0 Å². The van der Waals surface area contributed by atoms with Gasteiger partial charge in [-0.25, -0.2) is 0 Å². The molecule has 0 radical (unpaired) electrons. The van der Waals surface area contributed by atoms with Gasteiger partial charge in [-0.15, -0.1) is 12.4 Å². The fourth-order valence-electron chi connectivity index (χ4n) is 6.07. The zero-order valence-corrected chi connectivity index (χ0v) is 25.3. The minimum atomic E-state index is -0.683. The van der Waals surface area contributed by atoms with Crippen molar-refractivity contribution in [3.05, 3.63) is 47.0 Å². The number of carbonyl (C=O) groups is 1. The van der Waals surface area contributed by atoms with Crippen molar-refractivity contribution in [2.24, 2.45) is 17.8 Å². The minimum Gasteiger partial charge on any atom is -0.493 e. The van der Waals surface area contributed by atoms with Gasteiger partial charge in [-0.3, -0.25) is 4.79 Å². The molecule has 0 aromatic heterocycles. The Morgan fingerprint density at radius 1 is 0.949 bits per heavy atom. The summed E-state index contributed by atoms with van der Waals surface area (Å²) in [5.41, 5.74) is 3.65. The number of methoxy groups -OCH3 is 4. The predicted molar refractivity (Wildman–Crippen MR) is 157 cm³/mol. The number of aryl methyl sites for hydroxylation is 1. The SMILES string of the molecule is COc1ccc(CCN(C)CCCC(C(=O)O)[C@@H]2CCc3cc(OC)c(OC)cc3[C@@H]2C(C)C)cc1OC.Cl. The first-order valence-electron chi connectivity index (χ1n) is 13.6. The van der Waals surface area contributed by atoms with E-state index < -0.39 is 5.97 Å². The molecule has 0 aliphatic heterocycles. The molecule has 0 bridgehead atoms. The van der Waals surface area contributed by atoms with Crippen molar-refractivity contribution in [2.45, 2.75) is 51.9 Å². The lowest BCUT2D eigenvalue weighted by Gasteiger charge is -2.40. The summed E-state index contributed by atoms with van der Waals surface area (Å²) in [6, 6.07) is 10.2. The fraction of sp³-hybridized carbons (Fsp3) is 0.581. The van der Waals surface area contributed by atoms with E-state index in [1.807, 2.05) is 12.1 Å². The molecule has 1 N–H and O–H groups in total. The van der Waals surface area contributed by atoms with Crippen LogP contribution in [-0.4, -0.2) is 64.6 Å². The van der Waals surface area contributed by atoms with Crippen molar-refractivity contribution in [1.82, 2.24) is 4.90 Å². The van der Waals surface area contributed by atoms with Gasteiger partial charge in [-0.1, -0.05) is 19.9 Å². The molecule has 1 aliphatic rings. The number of likely N-dealkylation sites (N-methyl/N-ethyl adjacent to an activating group) is 1. The molecule has 0 saturated carbocycles. The highest BCUT2D eigenvalue weighted by Crippen LogP contribution is 2.48. The van der Waals surface area contributed by atoms with Gasteiger partial charge in [0.1, 0.15) is 0 Å². The second kappa shape index (κ2) is 15.2. The number of hydrogen-bond acceptors (Lipinski definition) is 6. The summed E-state index contributed by atoms with van der Waals surface area (Å²) in [4.78, 5) is 14.8. The van der Waals surface area contributed by atoms with Crippen LogP contribution in [0.5, 0.6) is 23.0 Å². The molecule has 2 aromatic carbocycles. The summed E-state index contributed by atoms with van der Waals surface area (Å²) in [6.07, 6.45) is 4.14. The quantitative estimate of drug-likeness (QED) is 0.297. The third-order valence-corrected chi connectivity index (χ3v) is 8.05. The number of halogens is 1. The van der Waals surface area contributed by atoms with Crippen molar-refractivity contribution in [1.29, 1.82) is 0 Å². The second-order valence-electron chi connectivity index (χ2n) is 10.7. The summed E-state index contributed by atoms with van der Waals surface area (Å²) in [6.45, 7) is 6.15. The average Bonchev–Trinajstić information content (AvgIpc) is 2.92. The number of benzene rings is 2. The third-order valence-electron chi connectivity index (χ3n) is 8.05. The van der Waals surface area contributed by atoms with Gasteiger partial charge in [0.2, 0.25) is 0 Å². The molecular formula is C31H46ClNO6. The zero-order valence-electron chi connectivity index (χ0n) is 24.5. The largest absolute Gasteiger partial charge is 0.493 e. The molecule has 0 fully saturated rings. The Morgan fingerprint density at radius 2 is 1.56 bits per heavy atom. The first kappa shape index (κ1) is 32.6. The van der Waals surface area contributed by atoms with Crippen molar-refractivity contribution < 1.29 is 28.8 Å². The first-order chi connectivity index (χ1) is 18.2. The monoisotopic (exact) mass is 563 g/mol. The summed E-state index contributed by atoms with van der Waals surface area (Å²) >= 11 is 0. The molecule has 0 saturated heterocycles. The molecular weight excluding hydrogens is 518 g/mol. The highest BCUT2D eigenvalue weighted by Gasteiger charge is 2.40. The number of ether oxygens (including phenoxy) is 4. The summed E-state index contributed by atoms with van der Waals surface area (Å²) in [5, 5.41) is 10.3. The number of carboxylic acids is 1. The number of rotatable bonds is 14. The van der Waals surface area contributed by atoms with Crippen LogP contribution in [0.4, 0.5) is 0 Å². The number of nitrogens with zero attached hydrogens (tertiary/aromatic N) is 1. The smallest absolute Gasteiger partial charge is 0.306 e. The fourth-order valence-corrected chi connectivity index (χ4v) is 6.07. The van der Waals surface area contributed by atoms with Gasteiger partial charge in [0.15, 0.2) is 23.0 Å². The van der Waals surface area contributed by atoms with Crippen molar-refractivity contribution >= 4 is 18.4 Å². The maximum absolute atomic E-state index is 12.5. The first-order valence-corrected chi connectivity index (χ1v) is 13.6. The van der Waals surface area contributed by atoms with Gasteiger partial charge in [0, 0.05) is 6.54 Å². The van der Waals surface area contributed by atoms with Crippen LogP contribution in [-0.2, 0) is 17.6 Å². The van der Waals surface area contributed by atoms with Crippen molar-refractivity contribution in [3.63, 3.8) is 0 Å². The molecule has 0 spiro atoms. The Labute approximate surface area is 240 Å². The normalized spacial score (nSPS) is 17.3. The molecule has 8 heteroatoms. The van der Waals surface area contributed by atoms with E-state index in [1.165, 1.54) is 16.7 Å². The van der Waals surface area contributed by atoms with E-state index in [9.17, 15) is 9.90 Å². The maximum Gasteiger partial charge on any atom is 0.306 e. The topological polar surface area (TPSA) is 77.5 Å². The Bertz CT molecular complexity index is 1080. The molecule has 0 amide bonds. The molecule has 3 atom stereocenters. The summed E-state index contributed by atoms with van der Waals surface area (Å²) in [7, 11) is 8.69. The molecule has 218 valence electrons. The number of aliphatic carboxylic acids is 1. The standard InChI is InChI=1S/C31H45NO6.ClH/c1-20(2)30-23(12-11-22-18-28(37-6)29(38-7)19-25(22)30)24(31(33)34)9-8-15-32(3)16-14-21-10-13-26(35-4)27(17-21)36-5;/h10,13,17-20,23-24,30H,8-9,11-12,14-16H2,1-7H3,(H,33,34);1H/t23-,24?,30+;/m0./s1. The molecule has 0 heterocycles. The van der Waals surface area contributed by atoms with E-state index in [0.717, 1.165) is 56.0 Å². The molecule has 1 aliphatic carbocycles. The van der Waals surface area contributed by atoms with Gasteiger partial charge >= 0.3 is 5.97 Å². The lowest BCUT2D eigenvalue weighted by Crippen LogP contribution is -2.35. The van der Waals surface area contributed by atoms with Gasteiger partial charge in [0.05, 0.1) is 34.4 Å². The van der Waals surface area contributed by atoms with Crippen LogP contribution in [0.3, 0.4) is 0 Å². The van der Waals surface area contributed by atoms with E-state index in [-0.39, 0.29) is 30.2 Å². The molecule has 3 rings (SSSR count). The Kier molecular flexibility index (Phi) is 12.7. The van der Waals surface area contributed by atoms with Crippen LogP contribution in [0, 0.1) is 17.8 Å². The maximum atomic E-state index is 12.5. The molecule has 2 aromatic rings. The lowest BCUT2D eigenvalue weighted by molar-refractivity contribution is -0.144. The number of hydrogen-bond donors (Lipinski definition) is 1. The van der Waals surface area contributed by atoms with Crippen LogP contribution in [0.2, 0.25) is 0 Å². The lowest BCUT2D eigenvalue weighted by atomic mass is 9.64. The van der Waals surface area contributed by atoms with Gasteiger partial charge in [0.25, 0.3) is 0 Å². The van der Waals surface area contributed by atoms with E-state index in [4.69, 9.17) is 18.9 Å². The van der Waals surface area contributed by atoms with Crippen LogP contribution >= 0.6 is 12.4 Å². The Hall–Kier alpha value is -2.64. The van der Waals surface area contributed by atoms with Crippen LogP contribution in [0.15, 0.2) is 30.3 Å². The zero-order chi connectivity index (χ0) is 27.8. The minimum absolute atomic E-state index is 0. The van der Waals surface area contributed by atoms with Crippen molar-refractivity contribution in [2.75, 3.05) is 48.6 Å². The van der Waals surface area contributed by atoms with E-state index in [1.54, 1.807) is 28.4 Å². The van der Waals surface area contributed by atoms with Gasteiger partial charge in [-0.2, -0.15) is 0 Å². The van der Waals surface area contributed by atoms with E-state index in [0.29, 0.717) is 18.1 Å². The summed E-state index contributed by atoms with van der Waals surface area (Å²) < 4.78 is 21.9. The van der Waals surface area contributed by atoms with Crippen LogP contribution < -0.4 is 18.9 Å². The number of carboxylic acid groups (broad SMARTS) is 1. The molecule has 1 unspecified atom stereocenters. The second-order valence-corrected chi connectivity index (χ2v) is 10.7. The summed E-state index contributed by atoms with van der Waals surface area (Å²) in [5.74, 6) is 2.44. The Morgan fingerprint density at radius 3 is 2.15 bits per heavy atom.